The number of methoxy groups -OCH3 is 1. The molecule has 1 fully saturated rings. The zero-order chi connectivity index (χ0) is 24.3. The van der Waals surface area contributed by atoms with Gasteiger partial charge < -0.3 is 19.7 Å². The van der Waals surface area contributed by atoms with E-state index in [0.29, 0.717) is 39.6 Å². The van der Waals surface area contributed by atoms with Crippen LogP contribution >= 0.6 is 0 Å². The van der Waals surface area contributed by atoms with Crippen LogP contribution < -0.4 is 9.47 Å². The van der Waals surface area contributed by atoms with E-state index < -0.39 is 5.60 Å². The maximum Gasteiger partial charge on any atom is 0.163 e. The fourth-order valence-corrected chi connectivity index (χ4v) is 3.71. The molecule has 0 spiro atoms. The van der Waals surface area contributed by atoms with E-state index in [9.17, 15) is 19.4 Å². The zero-order valence-electron chi connectivity index (χ0n) is 19.3. The molecule has 1 aliphatic rings. The lowest BCUT2D eigenvalue weighted by atomic mass is 9.91. The number of nitrogens with zero attached hydrogens (tertiary/aromatic N) is 1. The highest BCUT2D eigenvalue weighted by molar-refractivity contribution is 5.96. The lowest BCUT2D eigenvalue weighted by molar-refractivity contribution is 0.0397. The van der Waals surface area contributed by atoms with Crippen LogP contribution in [0.25, 0.3) is 11.3 Å². The minimum absolute atomic E-state index is 0.0916. The van der Waals surface area contributed by atoms with Gasteiger partial charge in [0.05, 0.1) is 31.2 Å². The van der Waals surface area contributed by atoms with E-state index in [1.807, 2.05) is 0 Å². The fraction of sp³-hybridized carbons (Fsp3) is 0.333. The van der Waals surface area contributed by atoms with Gasteiger partial charge >= 0.3 is 0 Å². The van der Waals surface area contributed by atoms with Gasteiger partial charge in [-0.2, -0.15) is 0 Å². The Morgan fingerprint density at radius 3 is 2.50 bits per heavy atom. The van der Waals surface area contributed by atoms with E-state index in [0.717, 1.165) is 12.8 Å². The summed E-state index contributed by atoms with van der Waals surface area (Å²) in [7, 11) is 1.54. The number of carbonyl (C=O) groups is 1. The number of hydrogen-bond donors (Lipinski definition) is 2. The molecule has 1 aliphatic carbocycles. The van der Waals surface area contributed by atoms with Crippen LogP contribution in [0.2, 0.25) is 0 Å². The molecule has 4 rings (SSSR count). The third-order valence-corrected chi connectivity index (χ3v) is 5.96. The first-order valence-electron chi connectivity index (χ1n) is 11.3. The molecule has 6 nitrogen and oxygen atoms in total. The highest BCUT2D eigenvalue weighted by Crippen LogP contribution is 2.35. The van der Waals surface area contributed by atoms with E-state index in [2.05, 4.69) is 4.98 Å². The number of hydrogen-bond acceptors (Lipinski definition) is 6. The molecule has 3 aromatic rings. The predicted octanol–water partition coefficient (Wildman–Crippen LogP) is 4.80. The van der Waals surface area contributed by atoms with E-state index in [-0.39, 0.29) is 37.2 Å². The Hall–Kier alpha value is -3.29. The lowest BCUT2D eigenvalue weighted by Gasteiger charge is -2.24. The Balaban J connectivity index is 1.50. The maximum absolute atomic E-state index is 13.3. The number of Topliss-reactive ketones (excluding diaryl/α,β-unsaturated/α-hetero) is 1. The predicted molar refractivity (Wildman–Crippen MR) is 125 cm³/mol. The molecule has 0 saturated heterocycles. The highest BCUT2D eigenvalue weighted by atomic mass is 19.1. The van der Waals surface area contributed by atoms with Crippen molar-refractivity contribution in [2.24, 2.45) is 0 Å². The van der Waals surface area contributed by atoms with Crippen molar-refractivity contribution in [3.63, 3.8) is 0 Å². The molecule has 0 amide bonds. The summed E-state index contributed by atoms with van der Waals surface area (Å²) in [5, 5.41) is 20.8. The summed E-state index contributed by atoms with van der Waals surface area (Å²) in [6.45, 7) is 1.35. The van der Waals surface area contributed by atoms with Crippen LogP contribution in [0.1, 0.15) is 54.2 Å². The van der Waals surface area contributed by atoms with Crippen LogP contribution in [-0.4, -0.2) is 34.2 Å². The number of rotatable bonds is 10. The van der Waals surface area contributed by atoms with Crippen molar-refractivity contribution >= 4 is 5.78 Å². The number of halogens is 1. The number of aromatic nitrogens is 1. The second-order valence-electron chi connectivity index (χ2n) is 8.75. The number of carbonyl (C=O) groups excluding carboxylic acids is 1. The first kappa shape index (κ1) is 23.9. The first-order valence-corrected chi connectivity index (χ1v) is 11.3. The van der Waals surface area contributed by atoms with Crippen LogP contribution in [0.15, 0.2) is 54.6 Å². The third-order valence-electron chi connectivity index (χ3n) is 5.96. The Morgan fingerprint density at radius 2 is 1.85 bits per heavy atom. The topological polar surface area (TPSA) is 88.9 Å². The molecular formula is C27H28FNO5. The van der Waals surface area contributed by atoms with E-state index in [1.54, 1.807) is 49.4 Å². The van der Waals surface area contributed by atoms with Gasteiger partial charge in [0.25, 0.3) is 0 Å². The molecule has 1 unspecified atom stereocenters. The number of benzene rings is 2. The summed E-state index contributed by atoms with van der Waals surface area (Å²) in [6, 6.07) is 14.2. The van der Waals surface area contributed by atoms with E-state index in [1.165, 1.54) is 19.2 Å². The molecule has 1 saturated carbocycles. The summed E-state index contributed by atoms with van der Waals surface area (Å²) in [5.74, 6) is 0.617. The maximum atomic E-state index is 13.3. The van der Waals surface area contributed by atoms with Gasteiger partial charge in [-0.25, -0.2) is 9.37 Å². The quantitative estimate of drug-likeness (QED) is 0.418. The monoisotopic (exact) mass is 465 g/mol. The molecule has 2 N–H and O–H groups in total. The molecule has 0 bridgehead atoms. The van der Waals surface area contributed by atoms with Crippen LogP contribution in [0.3, 0.4) is 0 Å². The van der Waals surface area contributed by atoms with Crippen LogP contribution in [0, 0.1) is 5.82 Å². The summed E-state index contributed by atoms with van der Waals surface area (Å²) < 4.78 is 24.5. The SMILES string of the molecule is COc1cc(C(=O)CCC(C)(O)c2ccc(CO)c(-c3ccc(F)cc3)n2)ccc1OC1CC1. The van der Waals surface area contributed by atoms with Gasteiger partial charge in [-0.1, -0.05) is 6.07 Å². The highest BCUT2D eigenvalue weighted by Gasteiger charge is 2.28. The average Bonchev–Trinajstić information content (AvgIpc) is 3.67. The van der Waals surface area contributed by atoms with Gasteiger partial charge in [-0.15, -0.1) is 0 Å². The summed E-state index contributed by atoms with van der Waals surface area (Å²) in [6.07, 6.45) is 2.50. The normalized spacial score (nSPS) is 15.0. The third kappa shape index (κ3) is 5.43. The van der Waals surface area contributed by atoms with Gasteiger partial charge in [0.1, 0.15) is 11.4 Å². The number of aliphatic hydroxyl groups excluding tert-OH is 1. The Kier molecular flexibility index (Phi) is 6.95. The number of ketones is 1. The first-order chi connectivity index (χ1) is 16.3. The molecule has 1 atom stereocenters. The number of ether oxygens (including phenoxy) is 2. The zero-order valence-corrected chi connectivity index (χ0v) is 19.3. The van der Waals surface area contributed by atoms with Crippen molar-refractivity contribution in [3.05, 3.63) is 77.2 Å². The molecule has 1 aromatic heterocycles. The molecule has 7 heteroatoms. The van der Waals surface area contributed by atoms with Crippen LogP contribution in [0.5, 0.6) is 11.5 Å². The van der Waals surface area contributed by atoms with Crippen molar-refractivity contribution in [3.8, 4) is 22.8 Å². The van der Waals surface area contributed by atoms with Gasteiger partial charge in [0, 0.05) is 23.1 Å². The van der Waals surface area contributed by atoms with E-state index >= 15 is 0 Å². The smallest absolute Gasteiger partial charge is 0.163 e. The van der Waals surface area contributed by atoms with E-state index in [4.69, 9.17) is 9.47 Å². The lowest BCUT2D eigenvalue weighted by Crippen LogP contribution is -2.24. The Bertz CT molecular complexity index is 1170. The van der Waals surface area contributed by atoms with Crippen molar-refractivity contribution in [2.45, 2.75) is 50.9 Å². The molecule has 1 heterocycles. The van der Waals surface area contributed by atoms with Crippen molar-refractivity contribution in [1.29, 1.82) is 0 Å². The van der Waals surface area contributed by atoms with Gasteiger partial charge in [-0.05, 0) is 74.7 Å². The molecule has 2 aromatic carbocycles. The van der Waals surface area contributed by atoms with Gasteiger partial charge in [0.2, 0.25) is 0 Å². The van der Waals surface area contributed by atoms with Crippen LogP contribution in [0.4, 0.5) is 4.39 Å². The Morgan fingerprint density at radius 1 is 1.12 bits per heavy atom. The minimum Gasteiger partial charge on any atom is -0.493 e. The fourth-order valence-electron chi connectivity index (χ4n) is 3.71. The summed E-state index contributed by atoms with van der Waals surface area (Å²) in [4.78, 5) is 17.4. The van der Waals surface area contributed by atoms with Gasteiger partial charge in [0.15, 0.2) is 17.3 Å². The number of pyridine rings is 1. The summed E-state index contributed by atoms with van der Waals surface area (Å²) >= 11 is 0. The van der Waals surface area contributed by atoms with Crippen molar-refractivity contribution in [2.75, 3.05) is 7.11 Å². The second-order valence-corrected chi connectivity index (χ2v) is 8.75. The standard InChI is InChI=1S/C27H28FNO5/c1-27(32,25-12-6-19(16-30)26(29-25)17-3-7-20(28)8-4-17)14-13-22(31)18-5-11-23(24(15-18)33-2)34-21-9-10-21/h3-8,11-12,15,21,30,32H,9-10,13-14,16H2,1-2H3. The van der Waals surface area contributed by atoms with Crippen molar-refractivity contribution in [1.82, 2.24) is 4.98 Å². The molecule has 0 aliphatic heterocycles. The Labute approximate surface area is 198 Å². The second kappa shape index (κ2) is 9.91. The van der Waals surface area contributed by atoms with Gasteiger partial charge in [-0.3, -0.25) is 4.79 Å². The molecular weight excluding hydrogens is 437 g/mol. The average molecular weight is 466 g/mol. The number of aliphatic hydroxyl groups is 2. The molecule has 178 valence electrons. The van der Waals surface area contributed by atoms with Crippen LogP contribution in [-0.2, 0) is 12.2 Å². The van der Waals surface area contributed by atoms with Crippen molar-refractivity contribution < 1.29 is 28.9 Å². The summed E-state index contributed by atoms with van der Waals surface area (Å²) in [5.41, 5.74) is 1.09. The largest absolute Gasteiger partial charge is 0.493 e. The minimum atomic E-state index is -1.39. The molecule has 34 heavy (non-hydrogen) atoms. The molecule has 0 radical (unpaired) electrons.